The van der Waals surface area contributed by atoms with E-state index in [-0.39, 0.29) is 5.04 Å². The average Bonchev–Trinajstić information content (AvgIpc) is 2.48. The first-order valence-electron chi connectivity index (χ1n) is 8.28. The molecule has 0 amide bonds. The third-order valence-corrected chi connectivity index (χ3v) is 10.9. The van der Waals surface area contributed by atoms with E-state index >= 15 is 0 Å². The van der Waals surface area contributed by atoms with Gasteiger partial charge in [-0.3, -0.25) is 0 Å². The Bertz CT molecular complexity index is 640. The van der Waals surface area contributed by atoms with Crippen molar-refractivity contribution in [1.29, 1.82) is 0 Å². The lowest BCUT2D eigenvalue weighted by Crippen LogP contribution is -2.49. The summed E-state index contributed by atoms with van der Waals surface area (Å²) in [5.41, 5.74) is 1.48. The summed E-state index contributed by atoms with van der Waals surface area (Å²) in [4.78, 5) is 0. The van der Waals surface area contributed by atoms with Crippen LogP contribution in [0.15, 0.2) is 18.2 Å². The first kappa shape index (κ1) is 21.2. The van der Waals surface area contributed by atoms with E-state index in [9.17, 15) is 0 Å². The van der Waals surface area contributed by atoms with E-state index in [1.807, 2.05) is 24.5 Å². The number of hydrogen-bond donors (Lipinski definition) is 0. The minimum atomic E-state index is -1.81. The molecule has 0 atom stereocenters. The summed E-state index contributed by atoms with van der Waals surface area (Å²) in [6.45, 7) is 12.7. The van der Waals surface area contributed by atoms with Gasteiger partial charge in [0.25, 0.3) is 0 Å². The fourth-order valence-electron chi connectivity index (χ4n) is 2.20. The summed E-state index contributed by atoms with van der Waals surface area (Å²) in [7, 11) is -1.81. The number of thioether (sulfide) groups is 1. The second-order valence-corrected chi connectivity index (χ2v) is 14.5. The molecule has 1 heterocycles. The van der Waals surface area contributed by atoms with Crippen molar-refractivity contribution in [2.75, 3.05) is 19.5 Å². The van der Waals surface area contributed by atoms with Crippen LogP contribution >= 0.6 is 35.6 Å². The normalized spacial score (nSPS) is 17.1. The zero-order chi connectivity index (χ0) is 18.9. The summed E-state index contributed by atoms with van der Waals surface area (Å²) in [5.74, 6) is 0. The third kappa shape index (κ3) is 4.79. The van der Waals surface area contributed by atoms with Gasteiger partial charge in [-0.25, -0.2) is 0 Å². The van der Waals surface area contributed by atoms with E-state index in [2.05, 4.69) is 33.9 Å². The van der Waals surface area contributed by atoms with Gasteiger partial charge in [-0.15, -0.1) is 0 Å². The van der Waals surface area contributed by atoms with E-state index in [0.29, 0.717) is 29.2 Å². The molecule has 3 nitrogen and oxygen atoms in total. The predicted molar refractivity (Wildman–Crippen MR) is 113 cm³/mol. The lowest BCUT2D eigenvalue weighted by molar-refractivity contribution is -0.172. The fraction of sp³-hybridized carbons (Fsp3) is 0.611. The van der Waals surface area contributed by atoms with E-state index in [4.69, 9.17) is 37.7 Å². The van der Waals surface area contributed by atoms with Crippen molar-refractivity contribution in [3.8, 4) is 0 Å². The van der Waals surface area contributed by atoms with E-state index in [1.165, 1.54) is 11.8 Å². The molecular weight excluding hydrogens is 392 g/mol. The smallest absolute Gasteiger partial charge is 0.220 e. The van der Waals surface area contributed by atoms with Gasteiger partial charge >= 0.3 is 0 Å². The molecule has 1 aliphatic rings. The Morgan fingerprint density at radius 3 is 2.44 bits per heavy atom. The predicted octanol–water partition coefficient (Wildman–Crippen LogP) is 5.75. The summed E-state index contributed by atoms with van der Waals surface area (Å²) in [6, 6.07) is 6.02. The van der Waals surface area contributed by atoms with E-state index < -0.39 is 13.9 Å². The Hall–Kier alpha value is -0.113. The molecule has 0 saturated carbocycles. The summed E-state index contributed by atoms with van der Waals surface area (Å²) < 4.78 is 18.1. The van der Waals surface area contributed by atoms with Gasteiger partial charge in [0.15, 0.2) is 13.9 Å². The molecule has 0 unspecified atom stereocenters. The molecule has 7 heteroatoms. The lowest BCUT2D eigenvalue weighted by Gasteiger charge is -2.41. The van der Waals surface area contributed by atoms with Gasteiger partial charge in [-0.2, -0.15) is 0 Å². The van der Waals surface area contributed by atoms with Crippen LogP contribution in [0.4, 0.5) is 0 Å². The number of hydrogen-bond acceptors (Lipinski definition) is 5. The lowest BCUT2D eigenvalue weighted by atomic mass is 9.91. The second kappa shape index (κ2) is 7.86. The largest absolute Gasteiger partial charge is 0.462 e. The van der Waals surface area contributed by atoms with Crippen LogP contribution < -0.4 is 0 Å². The maximum absolute atomic E-state index is 6.53. The maximum Gasteiger partial charge on any atom is 0.220 e. The van der Waals surface area contributed by atoms with Crippen LogP contribution in [0.1, 0.15) is 31.9 Å². The molecule has 1 fully saturated rings. The summed E-state index contributed by atoms with van der Waals surface area (Å²) in [5, 5.41) is 0.870. The van der Waals surface area contributed by atoms with E-state index in [0.717, 1.165) is 11.1 Å². The van der Waals surface area contributed by atoms with Crippen LogP contribution in [0.2, 0.25) is 23.2 Å². The molecule has 0 aliphatic carbocycles. The molecule has 1 aromatic rings. The second-order valence-electron chi connectivity index (χ2n) is 7.90. The first-order valence-corrected chi connectivity index (χ1v) is 13.2. The molecule has 0 bridgehead atoms. The van der Waals surface area contributed by atoms with Crippen LogP contribution in [0.3, 0.4) is 0 Å². The number of ether oxygens (including phenoxy) is 2. The number of thiocarbonyl (C=S) groups is 1. The Morgan fingerprint density at radius 2 is 2.00 bits per heavy atom. The van der Waals surface area contributed by atoms with Crippen LogP contribution in [0.5, 0.6) is 0 Å². The van der Waals surface area contributed by atoms with Crippen LogP contribution in [0.25, 0.3) is 0 Å². The molecule has 0 aromatic heterocycles. The van der Waals surface area contributed by atoms with Crippen molar-refractivity contribution in [3.05, 3.63) is 34.3 Å². The van der Waals surface area contributed by atoms with Gasteiger partial charge < -0.3 is 13.9 Å². The molecule has 2 rings (SSSR count). The quantitative estimate of drug-likeness (QED) is 0.448. The SMILES string of the molecule is CSC(=S)OC1(c2ccc(CO[Si](C)(C)C(C)(C)C)c(Cl)c2)COC1. The Labute approximate surface area is 166 Å². The Balaban J connectivity index is 2.14. The van der Waals surface area contributed by atoms with Crippen LogP contribution in [-0.4, -0.2) is 32.2 Å². The van der Waals surface area contributed by atoms with Crippen molar-refractivity contribution >= 4 is 48.3 Å². The van der Waals surface area contributed by atoms with Crippen molar-refractivity contribution in [3.63, 3.8) is 0 Å². The van der Waals surface area contributed by atoms with Crippen molar-refractivity contribution in [1.82, 2.24) is 0 Å². The average molecular weight is 419 g/mol. The molecule has 1 saturated heterocycles. The zero-order valence-corrected chi connectivity index (χ0v) is 19.2. The van der Waals surface area contributed by atoms with Gasteiger partial charge in [0.2, 0.25) is 4.38 Å². The molecule has 1 aromatic carbocycles. The van der Waals surface area contributed by atoms with Gasteiger partial charge in [0.05, 0.1) is 19.8 Å². The van der Waals surface area contributed by atoms with Gasteiger partial charge in [-0.1, -0.05) is 56.3 Å². The van der Waals surface area contributed by atoms with Crippen molar-refractivity contribution < 1.29 is 13.9 Å². The van der Waals surface area contributed by atoms with Gasteiger partial charge in [0.1, 0.15) is 0 Å². The standard InChI is InChI=1S/C18H27ClO3S2Si/c1-17(2,3)25(5,6)21-10-13-7-8-14(9-15(13)19)18(11-20-12-18)22-16(23)24-4/h7-9H,10-12H2,1-6H3. The minimum absolute atomic E-state index is 0.175. The summed E-state index contributed by atoms with van der Waals surface area (Å²) >= 11 is 13.2. The Morgan fingerprint density at radius 1 is 1.36 bits per heavy atom. The maximum atomic E-state index is 6.53. The van der Waals surface area contributed by atoms with Crippen molar-refractivity contribution in [2.24, 2.45) is 0 Å². The topological polar surface area (TPSA) is 27.7 Å². The number of benzene rings is 1. The highest BCUT2D eigenvalue weighted by molar-refractivity contribution is 8.22. The molecule has 25 heavy (non-hydrogen) atoms. The molecule has 1 aliphatic heterocycles. The summed E-state index contributed by atoms with van der Waals surface area (Å²) in [6.07, 6.45) is 1.91. The molecule has 0 spiro atoms. The van der Waals surface area contributed by atoms with E-state index in [1.54, 1.807) is 0 Å². The van der Waals surface area contributed by atoms with Crippen LogP contribution in [-0.2, 0) is 26.1 Å². The first-order chi connectivity index (χ1) is 11.5. The highest BCUT2D eigenvalue weighted by atomic mass is 35.5. The molecule has 0 radical (unpaired) electrons. The van der Waals surface area contributed by atoms with Gasteiger partial charge in [-0.05, 0) is 48.2 Å². The fourth-order valence-corrected chi connectivity index (χ4v) is 3.78. The van der Waals surface area contributed by atoms with Gasteiger partial charge in [0, 0.05) is 10.6 Å². The molecule has 140 valence electrons. The molecule has 0 N–H and O–H groups in total. The molecular formula is C18H27ClO3S2Si. The third-order valence-electron chi connectivity index (χ3n) is 5.09. The number of halogens is 1. The van der Waals surface area contributed by atoms with Crippen molar-refractivity contribution in [2.45, 2.75) is 51.1 Å². The number of rotatable bonds is 5. The zero-order valence-electron chi connectivity index (χ0n) is 15.8. The minimum Gasteiger partial charge on any atom is -0.462 e. The Kier molecular flexibility index (Phi) is 6.67. The monoisotopic (exact) mass is 418 g/mol. The highest BCUT2D eigenvalue weighted by Crippen LogP contribution is 2.39. The highest BCUT2D eigenvalue weighted by Gasteiger charge is 2.44. The van der Waals surface area contributed by atoms with Crippen LogP contribution in [0, 0.1) is 0 Å².